The molecule has 2 rings (SSSR count). The predicted octanol–water partition coefficient (Wildman–Crippen LogP) is 6.10. The maximum absolute atomic E-state index is 12.5. The Bertz CT molecular complexity index is 1000. The van der Waals surface area contributed by atoms with E-state index in [-0.39, 0.29) is 44.6 Å². The molecule has 0 fully saturated rings. The fourth-order valence-corrected chi connectivity index (χ4v) is 5.55. The third kappa shape index (κ3) is 21.2. The predicted molar refractivity (Wildman–Crippen MR) is 187 cm³/mol. The van der Waals surface area contributed by atoms with Gasteiger partial charge in [-0.05, 0) is 32.2 Å². The summed E-state index contributed by atoms with van der Waals surface area (Å²) in [7, 11) is 0. The Hall–Kier alpha value is -2.86. The molecule has 0 aliphatic heterocycles. The van der Waals surface area contributed by atoms with Gasteiger partial charge in [-0.2, -0.15) is 0 Å². The number of aliphatic hydroxyl groups is 1. The number of nitrogens with zero attached hydrogens (tertiary/aromatic N) is 7. The average Bonchev–Trinajstić information content (AvgIpc) is 3.74. The van der Waals surface area contributed by atoms with E-state index >= 15 is 0 Å². The van der Waals surface area contributed by atoms with Crippen LogP contribution < -0.4 is 0 Å². The van der Waals surface area contributed by atoms with Crippen molar-refractivity contribution < 1.29 is 24.2 Å². The lowest BCUT2D eigenvalue weighted by Gasteiger charge is -2.21. The first-order chi connectivity index (χ1) is 23.5. The highest BCUT2D eigenvalue weighted by Gasteiger charge is 2.13. The minimum absolute atomic E-state index is 0.201. The van der Waals surface area contributed by atoms with Gasteiger partial charge in [0.2, 0.25) is 0 Å². The van der Waals surface area contributed by atoms with Gasteiger partial charge in [0.1, 0.15) is 0 Å². The number of carbonyl (C=O) groups excluding carboxylic acids is 2. The summed E-state index contributed by atoms with van der Waals surface area (Å²) < 4.78 is 14.7. The SMILES string of the molecule is CCCCCCCCn1cc(CCOC(=O)CCN(CCCCCCO)CCC(=O)OCCc2cn(CCCCCCCC)nn2)nn1. The van der Waals surface area contributed by atoms with E-state index < -0.39 is 0 Å². The summed E-state index contributed by atoms with van der Waals surface area (Å²) >= 11 is 0. The Balaban J connectivity index is 1.63. The first kappa shape index (κ1) is 41.3. The number of hydrogen-bond donors (Lipinski definition) is 1. The molecule has 0 spiro atoms. The Kier molecular flexibility index (Phi) is 24.1. The summed E-state index contributed by atoms with van der Waals surface area (Å²) in [5.74, 6) is -0.515. The lowest BCUT2D eigenvalue weighted by molar-refractivity contribution is -0.144. The van der Waals surface area contributed by atoms with Gasteiger partial charge in [-0.3, -0.25) is 19.0 Å². The van der Waals surface area contributed by atoms with Crippen molar-refractivity contribution in [2.24, 2.45) is 0 Å². The molecule has 48 heavy (non-hydrogen) atoms. The second-order valence-electron chi connectivity index (χ2n) is 12.9. The van der Waals surface area contributed by atoms with Crippen molar-refractivity contribution >= 4 is 11.9 Å². The van der Waals surface area contributed by atoms with E-state index in [0.29, 0.717) is 25.9 Å². The van der Waals surface area contributed by atoms with Crippen molar-refractivity contribution in [1.82, 2.24) is 34.9 Å². The van der Waals surface area contributed by atoms with Gasteiger partial charge in [0.25, 0.3) is 0 Å². The van der Waals surface area contributed by atoms with Crippen LogP contribution in [-0.4, -0.2) is 91.4 Å². The summed E-state index contributed by atoms with van der Waals surface area (Å²) in [4.78, 5) is 27.2. The van der Waals surface area contributed by atoms with E-state index in [4.69, 9.17) is 14.6 Å². The number of aromatic nitrogens is 6. The van der Waals surface area contributed by atoms with Crippen LogP contribution in [0.1, 0.15) is 141 Å². The van der Waals surface area contributed by atoms with Crippen molar-refractivity contribution in [3.8, 4) is 0 Å². The largest absolute Gasteiger partial charge is 0.465 e. The molecule has 0 unspecified atom stereocenters. The molecule has 0 aliphatic rings. The van der Waals surface area contributed by atoms with Crippen molar-refractivity contribution in [3.05, 3.63) is 23.8 Å². The maximum atomic E-state index is 12.5. The molecule has 0 atom stereocenters. The van der Waals surface area contributed by atoms with Crippen LogP contribution in [0.5, 0.6) is 0 Å². The zero-order chi connectivity index (χ0) is 34.5. The van der Waals surface area contributed by atoms with Crippen LogP contribution in [0.25, 0.3) is 0 Å². The molecule has 274 valence electrons. The van der Waals surface area contributed by atoms with Gasteiger partial charge in [0.15, 0.2) is 0 Å². The lowest BCUT2D eigenvalue weighted by atomic mass is 10.1. The van der Waals surface area contributed by atoms with E-state index in [2.05, 4.69) is 39.4 Å². The fraction of sp³-hybridized carbons (Fsp3) is 0.833. The van der Waals surface area contributed by atoms with Gasteiger partial charge in [0, 0.05) is 58.0 Å². The summed E-state index contributed by atoms with van der Waals surface area (Å²) in [5.41, 5.74) is 1.66. The van der Waals surface area contributed by atoms with Gasteiger partial charge >= 0.3 is 11.9 Å². The Morgan fingerprint density at radius 1 is 0.625 bits per heavy atom. The molecule has 0 aromatic carbocycles. The molecule has 2 aromatic rings. The highest BCUT2D eigenvalue weighted by Crippen LogP contribution is 2.09. The molecule has 0 bridgehead atoms. The third-order valence-corrected chi connectivity index (χ3v) is 8.54. The summed E-state index contributed by atoms with van der Waals surface area (Å²) in [6.45, 7) is 8.73. The van der Waals surface area contributed by atoms with Crippen LogP contribution >= 0.6 is 0 Å². The summed E-state index contributed by atoms with van der Waals surface area (Å²) in [6.07, 6.45) is 24.0. The molecule has 0 saturated heterocycles. The first-order valence-electron chi connectivity index (χ1n) is 19.0. The highest BCUT2D eigenvalue weighted by molar-refractivity contribution is 5.70. The first-order valence-corrected chi connectivity index (χ1v) is 19.0. The van der Waals surface area contributed by atoms with E-state index in [1.807, 2.05) is 21.8 Å². The Morgan fingerprint density at radius 3 is 1.54 bits per heavy atom. The van der Waals surface area contributed by atoms with Crippen molar-refractivity contribution in [3.63, 3.8) is 0 Å². The van der Waals surface area contributed by atoms with E-state index in [0.717, 1.165) is 69.5 Å². The smallest absolute Gasteiger partial charge is 0.307 e. The average molecular weight is 676 g/mol. The van der Waals surface area contributed by atoms with Crippen LogP contribution in [-0.2, 0) is 45.0 Å². The second-order valence-corrected chi connectivity index (χ2v) is 12.9. The molecular formula is C36H65N7O5. The number of ether oxygens (including phenoxy) is 2. The molecule has 12 nitrogen and oxygen atoms in total. The number of aryl methyl sites for hydroxylation is 2. The van der Waals surface area contributed by atoms with E-state index in [1.165, 1.54) is 64.2 Å². The Morgan fingerprint density at radius 2 is 1.06 bits per heavy atom. The molecule has 12 heteroatoms. The number of rotatable bonds is 32. The van der Waals surface area contributed by atoms with Crippen LogP contribution in [0.4, 0.5) is 0 Å². The van der Waals surface area contributed by atoms with Crippen LogP contribution in [0, 0.1) is 0 Å². The van der Waals surface area contributed by atoms with Gasteiger partial charge in [-0.1, -0.05) is 101 Å². The molecule has 0 amide bonds. The minimum atomic E-state index is -0.258. The molecule has 0 radical (unpaired) electrons. The topological polar surface area (TPSA) is 137 Å². The molecule has 2 heterocycles. The van der Waals surface area contributed by atoms with Crippen molar-refractivity contribution in [1.29, 1.82) is 0 Å². The number of unbranched alkanes of at least 4 members (excludes halogenated alkanes) is 13. The minimum Gasteiger partial charge on any atom is -0.465 e. The number of aliphatic hydroxyl groups excluding tert-OH is 1. The number of esters is 2. The lowest BCUT2D eigenvalue weighted by Crippen LogP contribution is -2.31. The van der Waals surface area contributed by atoms with Crippen LogP contribution in [0.3, 0.4) is 0 Å². The van der Waals surface area contributed by atoms with E-state index in [1.54, 1.807) is 0 Å². The molecular weight excluding hydrogens is 610 g/mol. The monoisotopic (exact) mass is 676 g/mol. The number of carbonyl (C=O) groups is 2. The zero-order valence-electron chi connectivity index (χ0n) is 30.2. The molecule has 0 aliphatic carbocycles. The van der Waals surface area contributed by atoms with Gasteiger partial charge < -0.3 is 19.5 Å². The third-order valence-electron chi connectivity index (χ3n) is 8.54. The summed E-state index contributed by atoms with van der Waals surface area (Å²) in [5, 5.41) is 25.9. The fourth-order valence-electron chi connectivity index (χ4n) is 5.55. The molecule has 1 N–H and O–H groups in total. The Labute approximate surface area is 289 Å². The van der Waals surface area contributed by atoms with Gasteiger partial charge in [-0.15, -0.1) is 10.2 Å². The zero-order valence-corrected chi connectivity index (χ0v) is 30.2. The van der Waals surface area contributed by atoms with Crippen molar-refractivity contribution in [2.75, 3.05) is 39.5 Å². The van der Waals surface area contributed by atoms with Crippen LogP contribution in [0.2, 0.25) is 0 Å². The molecule has 0 saturated carbocycles. The second kappa shape index (κ2) is 28.0. The maximum Gasteiger partial charge on any atom is 0.307 e. The number of hydrogen-bond acceptors (Lipinski definition) is 10. The van der Waals surface area contributed by atoms with Gasteiger partial charge in [0.05, 0.1) is 37.4 Å². The summed E-state index contributed by atoms with van der Waals surface area (Å²) in [6, 6.07) is 0. The normalized spacial score (nSPS) is 11.4. The highest BCUT2D eigenvalue weighted by atomic mass is 16.5. The van der Waals surface area contributed by atoms with E-state index in [9.17, 15) is 9.59 Å². The van der Waals surface area contributed by atoms with Crippen LogP contribution in [0.15, 0.2) is 12.4 Å². The quantitative estimate of drug-likeness (QED) is 0.0716. The standard InChI is InChI=1S/C36H65N7O5/c1-3-5-7-9-11-16-24-42-31-33(37-39-42)21-29-47-35(45)19-26-41(23-15-13-14-18-28-44)27-20-36(46)48-30-22-34-32-43(40-38-34)25-17-12-10-8-6-4-2/h31-32,44H,3-30H2,1-2H3. The molecule has 2 aromatic heterocycles. The van der Waals surface area contributed by atoms with Crippen molar-refractivity contribution in [2.45, 2.75) is 155 Å². The van der Waals surface area contributed by atoms with Gasteiger partial charge in [-0.25, -0.2) is 0 Å².